The molecule has 2 aromatic heterocycles. The Morgan fingerprint density at radius 3 is 2.70 bits per heavy atom. The molecule has 0 spiro atoms. The number of hydrogen-bond donors (Lipinski definition) is 1. The molecule has 0 bridgehead atoms. The highest BCUT2D eigenvalue weighted by Gasteiger charge is 2.15. The molecule has 3 aromatic rings. The Morgan fingerprint density at radius 2 is 2.05 bits per heavy atom. The first-order valence-electron chi connectivity index (χ1n) is 6.38. The first-order chi connectivity index (χ1) is 9.49. The van der Waals surface area contributed by atoms with Crippen LogP contribution >= 0.6 is 11.6 Å². The van der Waals surface area contributed by atoms with Gasteiger partial charge in [0.15, 0.2) is 0 Å². The van der Waals surface area contributed by atoms with E-state index in [2.05, 4.69) is 17.0 Å². The lowest BCUT2D eigenvalue weighted by atomic mass is 10.2. The first-order valence-corrected chi connectivity index (χ1v) is 6.76. The third-order valence-electron chi connectivity index (χ3n) is 3.73. The van der Waals surface area contributed by atoms with E-state index in [1.807, 2.05) is 41.4 Å². The summed E-state index contributed by atoms with van der Waals surface area (Å²) in [6.07, 6.45) is 0. The normalized spacial score (nSPS) is 11.4. The SMILES string of the molecule is Cc1nn(C)c(C)c1Cn1c(N)nc2c(Cl)cccc21. The third-order valence-corrected chi connectivity index (χ3v) is 4.04. The van der Waals surface area contributed by atoms with Crippen LogP contribution in [0.4, 0.5) is 5.95 Å². The van der Waals surface area contributed by atoms with Crippen LogP contribution in [0.2, 0.25) is 5.02 Å². The van der Waals surface area contributed by atoms with E-state index < -0.39 is 0 Å². The van der Waals surface area contributed by atoms with Gasteiger partial charge in [-0.25, -0.2) is 4.98 Å². The second kappa shape index (κ2) is 4.52. The predicted octanol–water partition coefficient (Wildman–Crippen LogP) is 2.67. The molecule has 0 aliphatic carbocycles. The zero-order valence-corrected chi connectivity index (χ0v) is 12.4. The van der Waals surface area contributed by atoms with Crippen molar-refractivity contribution >= 4 is 28.6 Å². The highest BCUT2D eigenvalue weighted by Crippen LogP contribution is 2.26. The maximum atomic E-state index is 6.16. The Kier molecular flexibility index (Phi) is 2.94. The van der Waals surface area contributed by atoms with E-state index in [0.717, 1.165) is 22.4 Å². The van der Waals surface area contributed by atoms with E-state index in [4.69, 9.17) is 17.3 Å². The fourth-order valence-electron chi connectivity index (χ4n) is 2.50. The number of rotatable bonds is 2. The van der Waals surface area contributed by atoms with E-state index in [1.165, 1.54) is 5.56 Å². The predicted molar refractivity (Wildman–Crippen MR) is 80.9 cm³/mol. The molecule has 2 heterocycles. The van der Waals surface area contributed by atoms with Gasteiger partial charge in [0.2, 0.25) is 5.95 Å². The molecule has 0 saturated carbocycles. The monoisotopic (exact) mass is 289 g/mol. The van der Waals surface area contributed by atoms with Gasteiger partial charge in [-0.15, -0.1) is 0 Å². The van der Waals surface area contributed by atoms with Crippen molar-refractivity contribution in [3.05, 3.63) is 40.2 Å². The van der Waals surface area contributed by atoms with Crippen LogP contribution in [0.15, 0.2) is 18.2 Å². The van der Waals surface area contributed by atoms with Gasteiger partial charge in [0, 0.05) is 18.3 Å². The molecule has 3 rings (SSSR count). The second-order valence-corrected chi connectivity index (χ2v) is 5.34. The molecule has 0 amide bonds. The van der Waals surface area contributed by atoms with Crippen molar-refractivity contribution in [2.24, 2.45) is 7.05 Å². The zero-order chi connectivity index (χ0) is 14.4. The summed E-state index contributed by atoms with van der Waals surface area (Å²) in [6, 6.07) is 5.71. The van der Waals surface area contributed by atoms with E-state index >= 15 is 0 Å². The van der Waals surface area contributed by atoms with Crippen molar-refractivity contribution in [2.45, 2.75) is 20.4 Å². The molecule has 0 aliphatic heterocycles. The molecule has 0 saturated heterocycles. The fourth-order valence-corrected chi connectivity index (χ4v) is 2.71. The fraction of sp³-hybridized carbons (Fsp3) is 0.286. The topological polar surface area (TPSA) is 61.7 Å². The minimum absolute atomic E-state index is 0.468. The summed E-state index contributed by atoms with van der Waals surface area (Å²) in [5.41, 5.74) is 11.0. The van der Waals surface area contributed by atoms with E-state index in [0.29, 0.717) is 17.5 Å². The van der Waals surface area contributed by atoms with Crippen molar-refractivity contribution < 1.29 is 0 Å². The largest absolute Gasteiger partial charge is 0.369 e. The molecule has 0 radical (unpaired) electrons. The van der Waals surface area contributed by atoms with Gasteiger partial charge in [-0.3, -0.25) is 4.68 Å². The Bertz CT molecular complexity index is 800. The number of anilines is 1. The van der Waals surface area contributed by atoms with Crippen LogP contribution in [-0.2, 0) is 13.6 Å². The summed E-state index contributed by atoms with van der Waals surface area (Å²) < 4.78 is 3.85. The summed E-state index contributed by atoms with van der Waals surface area (Å²) in [5, 5.41) is 5.05. The van der Waals surface area contributed by atoms with E-state index in [9.17, 15) is 0 Å². The van der Waals surface area contributed by atoms with Crippen LogP contribution < -0.4 is 5.73 Å². The van der Waals surface area contributed by atoms with E-state index in [1.54, 1.807) is 0 Å². The molecule has 6 heteroatoms. The van der Waals surface area contributed by atoms with Gasteiger partial charge >= 0.3 is 0 Å². The van der Waals surface area contributed by atoms with Crippen LogP contribution in [0.25, 0.3) is 11.0 Å². The number of fused-ring (bicyclic) bond motifs is 1. The van der Waals surface area contributed by atoms with Crippen LogP contribution in [-0.4, -0.2) is 19.3 Å². The molecule has 0 unspecified atom stereocenters. The first kappa shape index (κ1) is 13.0. The lowest BCUT2D eigenvalue weighted by Gasteiger charge is -2.07. The number of benzene rings is 1. The van der Waals surface area contributed by atoms with Gasteiger partial charge in [-0.05, 0) is 26.0 Å². The molecular weight excluding hydrogens is 274 g/mol. The molecule has 104 valence electrons. The van der Waals surface area contributed by atoms with Crippen molar-refractivity contribution in [3.8, 4) is 0 Å². The number of imidazole rings is 1. The van der Waals surface area contributed by atoms with Gasteiger partial charge in [-0.2, -0.15) is 5.10 Å². The number of hydrogen-bond acceptors (Lipinski definition) is 3. The highest BCUT2D eigenvalue weighted by atomic mass is 35.5. The van der Waals surface area contributed by atoms with Crippen molar-refractivity contribution in [3.63, 3.8) is 0 Å². The number of nitrogens with two attached hydrogens (primary N) is 1. The highest BCUT2D eigenvalue weighted by molar-refractivity contribution is 6.35. The smallest absolute Gasteiger partial charge is 0.201 e. The maximum absolute atomic E-state index is 6.16. The average Bonchev–Trinajstić information content (AvgIpc) is 2.84. The molecule has 2 N–H and O–H groups in total. The Hall–Kier alpha value is -2.01. The van der Waals surface area contributed by atoms with Crippen LogP contribution in [0.1, 0.15) is 17.0 Å². The molecule has 0 atom stereocenters. The van der Waals surface area contributed by atoms with Crippen LogP contribution in [0, 0.1) is 13.8 Å². The van der Waals surface area contributed by atoms with E-state index in [-0.39, 0.29) is 0 Å². The van der Waals surface area contributed by atoms with Crippen molar-refractivity contribution in [1.29, 1.82) is 0 Å². The van der Waals surface area contributed by atoms with Gasteiger partial charge in [-0.1, -0.05) is 17.7 Å². The second-order valence-electron chi connectivity index (χ2n) is 4.94. The standard InChI is InChI=1S/C14H16ClN5/c1-8-10(9(2)19(3)18-8)7-20-12-6-4-5-11(15)13(12)17-14(20)16/h4-6H,7H2,1-3H3,(H2,16,17). The minimum atomic E-state index is 0.468. The number of nitrogens with zero attached hydrogens (tertiary/aromatic N) is 4. The summed E-state index contributed by atoms with van der Waals surface area (Å²) in [4.78, 5) is 4.36. The molecule has 1 aromatic carbocycles. The minimum Gasteiger partial charge on any atom is -0.369 e. The van der Waals surface area contributed by atoms with Crippen LogP contribution in [0.3, 0.4) is 0 Å². The maximum Gasteiger partial charge on any atom is 0.201 e. The summed E-state index contributed by atoms with van der Waals surface area (Å²) in [7, 11) is 1.94. The lowest BCUT2D eigenvalue weighted by Crippen LogP contribution is -2.06. The van der Waals surface area contributed by atoms with Gasteiger partial charge in [0.1, 0.15) is 5.52 Å². The molecule has 5 nitrogen and oxygen atoms in total. The number of para-hydroxylation sites is 1. The number of aryl methyl sites for hydroxylation is 2. The number of halogens is 1. The zero-order valence-electron chi connectivity index (χ0n) is 11.7. The number of nitrogen functional groups attached to an aromatic ring is 1. The van der Waals surface area contributed by atoms with Gasteiger partial charge < -0.3 is 10.3 Å². The van der Waals surface area contributed by atoms with Crippen molar-refractivity contribution in [2.75, 3.05) is 5.73 Å². The lowest BCUT2D eigenvalue weighted by molar-refractivity contribution is 0.728. The quantitative estimate of drug-likeness (QED) is 0.789. The van der Waals surface area contributed by atoms with Crippen molar-refractivity contribution in [1.82, 2.24) is 19.3 Å². The number of aromatic nitrogens is 4. The Labute approximate surface area is 122 Å². The Morgan fingerprint density at radius 1 is 1.30 bits per heavy atom. The summed E-state index contributed by atoms with van der Waals surface area (Å²) in [5.74, 6) is 0.468. The molecule has 20 heavy (non-hydrogen) atoms. The molecular formula is C14H16ClN5. The Balaban J connectivity index is 2.16. The summed E-state index contributed by atoms with van der Waals surface area (Å²) in [6.45, 7) is 4.70. The average molecular weight is 290 g/mol. The summed E-state index contributed by atoms with van der Waals surface area (Å²) >= 11 is 6.16. The molecule has 0 aliphatic rings. The van der Waals surface area contributed by atoms with Gasteiger partial charge in [0.25, 0.3) is 0 Å². The van der Waals surface area contributed by atoms with Gasteiger partial charge in [0.05, 0.1) is 22.8 Å². The van der Waals surface area contributed by atoms with Crippen LogP contribution in [0.5, 0.6) is 0 Å². The third kappa shape index (κ3) is 1.86. The molecule has 0 fully saturated rings.